The van der Waals surface area contributed by atoms with Gasteiger partial charge >= 0.3 is 0 Å². The van der Waals surface area contributed by atoms with Crippen LogP contribution in [0, 0.1) is 24.1 Å². The average Bonchev–Trinajstić information content (AvgIpc) is 2.47. The van der Waals surface area contributed by atoms with E-state index in [0.29, 0.717) is 18.6 Å². The summed E-state index contributed by atoms with van der Waals surface area (Å²) in [5.41, 5.74) is 2.15. The molecule has 2 aromatic rings. The number of nitriles is 1. The third kappa shape index (κ3) is 4.10. The quantitative estimate of drug-likeness (QED) is 0.820. The highest BCUT2D eigenvalue weighted by atomic mass is 19.1. The number of rotatable bonds is 5. The van der Waals surface area contributed by atoms with Crippen molar-refractivity contribution in [3.8, 4) is 11.8 Å². The minimum atomic E-state index is -0.497. The number of hydrogen-bond donors (Lipinski definition) is 0. The van der Waals surface area contributed by atoms with E-state index in [1.54, 1.807) is 12.1 Å². The lowest BCUT2D eigenvalue weighted by molar-refractivity contribution is 0.245. The van der Waals surface area contributed by atoms with E-state index in [1.807, 2.05) is 31.2 Å². The molecule has 0 N–H and O–H groups in total. The monoisotopic (exact) mass is 269 g/mol. The van der Waals surface area contributed by atoms with Gasteiger partial charge in [-0.15, -0.1) is 0 Å². The summed E-state index contributed by atoms with van der Waals surface area (Å²) in [5.74, 6) is 0.447. The Bertz CT molecular complexity index is 584. The Hall–Kier alpha value is -2.34. The molecular weight excluding hydrogens is 253 g/mol. The van der Waals surface area contributed by atoms with Gasteiger partial charge in [-0.05, 0) is 43.2 Å². The molecule has 102 valence electrons. The first-order chi connectivity index (χ1) is 9.67. The predicted molar refractivity (Wildman–Crippen MR) is 75.9 cm³/mol. The Morgan fingerprint density at radius 3 is 2.35 bits per heavy atom. The largest absolute Gasteiger partial charge is 0.476 e. The zero-order valence-electron chi connectivity index (χ0n) is 11.3. The molecule has 0 saturated heterocycles. The maximum atomic E-state index is 12.8. The first-order valence-corrected chi connectivity index (χ1v) is 6.55. The van der Waals surface area contributed by atoms with Crippen LogP contribution in [-0.4, -0.2) is 6.10 Å². The van der Waals surface area contributed by atoms with Crippen molar-refractivity contribution in [1.29, 1.82) is 5.26 Å². The van der Waals surface area contributed by atoms with Gasteiger partial charge in [0.25, 0.3) is 0 Å². The second-order valence-corrected chi connectivity index (χ2v) is 4.71. The van der Waals surface area contributed by atoms with E-state index in [4.69, 9.17) is 10.00 Å². The van der Waals surface area contributed by atoms with Crippen molar-refractivity contribution in [3.05, 3.63) is 65.5 Å². The molecular formula is C17H16FNO. The zero-order valence-corrected chi connectivity index (χ0v) is 11.3. The molecule has 2 aromatic carbocycles. The van der Waals surface area contributed by atoms with E-state index in [9.17, 15) is 4.39 Å². The Kier molecular flexibility index (Phi) is 4.73. The molecule has 0 aliphatic heterocycles. The van der Waals surface area contributed by atoms with Gasteiger partial charge in [0.2, 0.25) is 0 Å². The van der Waals surface area contributed by atoms with Gasteiger partial charge in [-0.1, -0.05) is 29.8 Å². The van der Waals surface area contributed by atoms with Crippen LogP contribution in [0.15, 0.2) is 48.5 Å². The summed E-state index contributed by atoms with van der Waals surface area (Å²) in [5, 5.41) is 9.13. The summed E-state index contributed by atoms with van der Waals surface area (Å²) in [6.07, 6.45) is 0.767. The molecule has 0 aliphatic carbocycles. The zero-order chi connectivity index (χ0) is 14.4. The molecule has 3 heteroatoms. The van der Waals surface area contributed by atoms with Crippen molar-refractivity contribution < 1.29 is 9.13 Å². The van der Waals surface area contributed by atoms with Gasteiger partial charge in [0.15, 0.2) is 6.10 Å². The number of halogens is 1. The lowest BCUT2D eigenvalue weighted by Gasteiger charge is -2.12. The highest BCUT2D eigenvalue weighted by molar-refractivity contribution is 5.27. The normalized spacial score (nSPS) is 11.7. The molecule has 0 heterocycles. The summed E-state index contributed by atoms with van der Waals surface area (Å²) in [7, 11) is 0. The van der Waals surface area contributed by atoms with Crippen LogP contribution in [0.3, 0.4) is 0 Å². The van der Waals surface area contributed by atoms with Crippen molar-refractivity contribution >= 4 is 0 Å². The van der Waals surface area contributed by atoms with Gasteiger partial charge in [-0.3, -0.25) is 0 Å². The maximum Gasteiger partial charge on any atom is 0.184 e. The molecule has 0 amide bonds. The molecule has 2 nitrogen and oxygen atoms in total. The van der Waals surface area contributed by atoms with Gasteiger partial charge in [0.05, 0.1) is 0 Å². The molecule has 1 unspecified atom stereocenters. The fourth-order valence-corrected chi connectivity index (χ4v) is 1.88. The summed E-state index contributed by atoms with van der Waals surface area (Å²) < 4.78 is 18.4. The van der Waals surface area contributed by atoms with E-state index in [-0.39, 0.29) is 5.82 Å². The fraction of sp³-hybridized carbons (Fsp3) is 0.235. The minimum absolute atomic E-state index is 0.249. The number of benzene rings is 2. The van der Waals surface area contributed by atoms with Crippen LogP contribution >= 0.6 is 0 Å². The second-order valence-electron chi connectivity index (χ2n) is 4.71. The van der Waals surface area contributed by atoms with Crippen LogP contribution in [0.1, 0.15) is 17.5 Å². The molecule has 0 fully saturated rings. The Labute approximate surface area is 118 Å². The second kappa shape index (κ2) is 6.72. The van der Waals surface area contributed by atoms with Crippen molar-refractivity contribution in [3.63, 3.8) is 0 Å². The smallest absolute Gasteiger partial charge is 0.184 e. The van der Waals surface area contributed by atoms with Gasteiger partial charge in [-0.2, -0.15) is 5.26 Å². The van der Waals surface area contributed by atoms with E-state index in [0.717, 1.165) is 11.1 Å². The van der Waals surface area contributed by atoms with Gasteiger partial charge in [0, 0.05) is 6.42 Å². The van der Waals surface area contributed by atoms with Gasteiger partial charge in [0.1, 0.15) is 17.6 Å². The minimum Gasteiger partial charge on any atom is -0.476 e. The third-order valence-corrected chi connectivity index (χ3v) is 3.05. The van der Waals surface area contributed by atoms with Crippen LogP contribution in [-0.2, 0) is 6.42 Å². The van der Waals surface area contributed by atoms with Crippen molar-refractivity contribution in [2.75, 3.05) is 0 Å². The summed E-state index contributed by atoms with van der Waals surface area (Å²) in [6, 6.07) is 16.1. The molecule has 0 saturated carbocycles. The number of ether oxygens (including phenoxy) is 1. The number of nitrogens with zero attached hydrogens (tertiary/aromatic N) is 1. The lowest BCUT2D eigenvalue weighted by Crippen LogP contribution is -2.15. The highest BCUT2D eigenvalue weighted by Crippen LogP contribution is 2.16. The molecule has 0 bridgehead atoms. The van der Waals surface area contributed by atoms with E-state index in [1.165, 1.54) is 12.1 Å². The van der Waals surface area contributed by atoms with Crippen molar-refractivity contribution in [1.82, 2.24) is 0 Å². The van der Waals surface area contributed by atoms with Crippen LogP contribution in [0.5, 0.6) is 5.75 Å². The van der Waals surface area contributed by atoms with Crippen LogP contribution in [0.4, 0.5) is 4.39 Å². The maximum absolute atomic E-state index is 12.8. The predicted octanol–water partition coefficient (Wildman–Crippen LogP) is 4.04. The first kappa shape index (κ1) is 14.1. The number of aryl methyl sites for hydroxylation is 2. The fourth-order valence-electron chi connectivity index (χ4n) is 1.88. The van der Waals surface area contributed by atoms with Crippen molar-refractivity contribution in [2.24, 2.45) is 0 Å². The summed E-state index contributed by atoms with van der Waals surface area (Å²) >= 11 is 0. The first-order valence-electron chi connectivity index (χ1n) is 6.55. The van der Waals surface area contributed by atoms with Gasteiger partial charge < -0.3 is 4.74 Å². The average molecular weight is 269 g/mol. The van der Waals surface area contributed by atoms with E-state index < -0.39 is 6.10 Å². The third-order valence-electron chi connectivity index (χ3n) is 3.05. The Balaban J connectivity index is 1.91. The molecule has 20 heavy (non-hydrogen) atoms. The summed E-state index contributed by atoms with van der Waals surface area (Å²) in [4.78, 5) is 0. The molecule has 1 atom stereocenters. The summed E-state index contributed by atoms with van der Waals surface area (Å²) in [6.45, 7) is 2.00. The van der Waals surface area contributed by atoms with Gasteiger partial charge in [-0.25, -0.2) is 4.39 Å². The molecule has 0 aliphatic rings. The number of hydrogen-bond acceptors (Lipinski definition) is 2. The molecule has 0 spiro atoms. The van der Waals surface area contributed by atoms with Crippen LogP contribution in [0.25, 0.3) is 0 Å². The van der Waals surface area contributed by atoms with E-state index in [2.05, 4.69) is 6.07 Å². The molecule has 0 aromatic heterocycles. The Morgan fingerprint density at radius 2 is 1.75 bits per heavy atom. The molecule has 2 rings (SSSR count). The SMILES string of the molecule is Cc1ccc(OC(C#N)CCc2ccc(F)cc2)cc1. The Morgan fingerprint density at radius 1 is 1.10 bits per heavy atom. The van der Waals surface area contributed by atoms with Crippen molar-refractivity contribution in [2.45, 2.75) is 25.9 Å². The van der Waals surface area contributed by atoms with Crippen LogP contribution in [0.2, 0.25) is 0 Å². The molecule has 0 radical (unpaired) electrons. The highest BCUT2D eigenvalue weighted by Gasteiger charge is 2.09. The topological polar surface area (TPSA) is 33.0 Å². The van der Waals surface area contributed by atoms with E-state index >= 15 is 0 Å². The van der Waals surface area contributed by atoms with Crippen LogP contribution < -0.4 is 4.74 Å². The standard InChI is InChI=1S/C17H16FNO/c1-13-2-9-16(10-3-13)20-17(12-19)11-6-14-4-7-15(18)8-5-14/h2-5,7-10,17H,6,11H2,1H3. The lowest BCUT2D eigenvalue weighted by atomic mass is 10.1.